The molecule has 31 heavy (non-hydrogen) atoms. The number of sulfonamides is 1. The van der Waals surface area contributed by atoms with Crippen LogP contribution >= 0.6 is 0 Å². The summed E-state index contributed by atoms with van der Waals surface area (Å²) in [6, 6.07) is 8.37. The van der Waals surface area contributed by atoms with Crippen LogP contribution in [-0.2, 0) is 10.0 Å². The summed E-state index contributed by atoms with van der Waals surface area (Å²) in [5, 5.41) is 3.17. The second-order valence-corrected chi connectivity index (χ2v) is 9.42. The average Bonchev–Trinajstić information content (AvgIpc) is 3.26. The largest absolute Gasteiger partial charge is 0.496 e. The maximum Gasteiger partial charge on any atom is 0.243 e. The molecule has 4 rings (SSSR count). The summed E-state index contributed by atoms with van der Waals surface area (Å²) in [5.41, 5.74) is 2.37. The first-order valence-electron chi connectivity index (χ1n) is 10.1. The highest BCUT2D eigenvalue weighted by Gasteiger charge is 2.37. The average molecular weight is 440 g/mol. The molecule has 1 fully saturated rings. The van der Waals surface area contributed by atoms with E-state index in [9.17, 15) is 8.42 Å². The van der Waals surface area contributed by atoms with Gasteiger partial charge in [-0.15, -0.1) is 0 Å². The SMILES string of the molecule is COc1ccc(S(=O)(=O)N2CCCC2c2cncc(Nc3ncccc3C)n2)cc1C. The highest BCUT2D eigenvalue weighted by atomic mass is 32.2. The summed E-state index contributed by atoms with van der Waals surface area (Å²) in [6.07, 6.45) is 6.40. The Labute approximate surface area is 182 Å². The van der Waals surface area contributed by atoms with E-state index < -0.39 is 10.0 Å². The van der Waals surface area contributed by atoms with Crippen molar-refractivity contribution < 1.29 is 13.2 Å². The first-order chi connectivity index (χ1) is 14.9. The molecule has 2 aromatic heterocycles. The molecule has 1 aliphatic heterocycles. The molecule has 8 nitrogen and oxygen atoms in total. The third-order valence-corrected chi connectivity index (χ3v) is 7.33. The van der Waals surface area contributed by atoms with Crippen LogP contribution in [0.2, 0.25) is 0 Å². The van der Waals surface area contributed by atoms with Crippen molar-refractivity contribution in [3.8, 4) is 5.75 Å². The number of nitrogens with zero attached hydrogens (tertiary/aromatic N) is 4. The van der Waals surface area contributed by atoms with E-state index in [0.29, 0.717) is 36.0 Å². The fourth-order valence-electron chi connectivity index (χ4n) is 3.81. The molecule has 1 N–H and O–H groups in total. The predicted octanol–water partition coefficient (Wildman–Crippen LogP) is 3.77. The lowest BCUT2D eigenvalue weighted by Gasteiger charge is -2.24. The van der Waals surface area contributed by atoms with Crippen molar-refractivity contribution in [3.63, 3.8) is 0 Å². The van der Waals surface area contributed by atoms with E-state index in [1.807, 2.05) is 26.0 Å². The number of pyridine rings is 1. The van der Waals surface area contributed by atoms with Gasteiger partial charge in [-0.1, -0.05) is 6.07 Å². The second-order valence-electron chi connectivity index (χ2n) is 7.53. The van der Waals surface area contributed by atoms with E-state index in [-0.39, 0.29) is 10.9 Å². The first-order valence-corrected chi connectivity index (χ1v) is 11.5. The van der Waals surface area contributed by atoms with E-state index in [4.69, 9.17) is 4.74 Å². The zero-order valence-corrected chi connectivity index (χ0v) is 18.6. The van der Waals surface area contributed by atoms with E-state index in [2.05, 4.69) is 20.3 Å². The smallest absolute Gasteiger partial charge is 0.243 e. The zero-order chi connectivity index (χ0) is 22.0. The third-order valence-electron chi connectivity index (χ3n) is 5.43. The third kappa shape index (κ3) is 4.24. The van der Waals surface area contributed by atoms with E-state index in [1.54, 1.807) is 43.9 Å². The number of methoxy groups -OCH3 is 1. The molecule has 1 saturated heterocycles. The minimum atomic E-state index is -3.68. The number of hydrogen-bond acceptors (Lipinski definition) is 7. The maximum absolute atomic E-state index is 13.4. The number of aryl methyl sites for hydroxylation is 2. The summed E-state index contributed by atoms with van der Waals surface area (Å²) in [5.74, 6) is 1.88. The number of hydrogen-bond donors (Lipinski definition) is 1. The molecular formula is C22H25N5O3S. The number of nitrogens with one attached hydrogen (secondary N) is 1. The van der Waals surface area contributed by atoms with Crippen LogP contribution in [-0.4, -0.2) is 41.3 Å². The van der Waals surface area contributed by atoms with Gasteiger partial charge in [0, 0.05) is 12.7 Å². The Hall–Kier alpha value is -3.04. The van der Waals surface area contributed by atoms with Gasteiger partial charge in [0.1, 0.15) is 17.4 Å². The van der Waals surface area contributed by atoms with Crippen LogP contribution in [0.5, 0.6) is 5.75 Å². The van der Waals surface area contributed by atoms with Gasteiger partial charge < -0.3 is 10.1 Å². The van der Waals surface area contributed by atoms with Crippen LogP contribution in [0.4, 0.5) is 11.6 Å². The van der Waals surface area contributed by atoms with Gasteiger partial charge in [-0.05, 0) is 62.1 Å². The second kappa shape index (κ2) is 8.60. The predicted molar refractivity (Wildman–Crippen MR) is 118 cm³/mol. The van der Waals surface area contributed by atoms with Gasteiger partial charge in [0.25, 0.3) is 0 Å². The Morgan fingerprint density at radius 1 is 1.16 bits per heavy atom. The van der Waals surface area contributed by atoms with Crippen molar-refractivity contribution in [2.24, 2.45) is 0 Å². The highest BCUT2D eigenvalue weighted by molar-refractivity contribution is 7.89. The van der Waals surface area contributed by atoms with Crippen LogP contribution in [0.1, 0.15) is 35.7 Å². The Morgan fingerprint density at radius 3 is 2.74 bits per heavy atom. The molecule has 1 aliphatic rings. The molecule has 3 heterocycles. The van der Waals surface area contributed by atoms with Crippen LogP contribution in [0, 0.1) is 13.8 Å². The molecule has 0 radical (unpaired) electrons. The molecule has 0 bridgehead atoms. The Morgan fingerprint density at radius 2 is 2.00 bits per heavy atom. The van der Waals surface area contributed by atoms with Crippen molar-refractivity contribution >= 4 is 21.7 Å². The van der Waals surface area contributed by atoms with Crippen LogP contribution in [0.25, 0.3) is 0 Å². The molecule has 1 unspecified atom stereocenters. The summed E-state index contributed by atoms with van der Waals surface area (Å²) in [6.45, 7) is 4.23. The minimum absolute atomic E-state index is 0.254. The number of rotatable bonds is 6. The molecule has 0 saturated carbocycles. The Kier molecular flexibility index (Phi) is 5.88. The van der Waals surface area contributed by atoms with Gasteiger partial charge in [0.2, 0.25) is 10.0 Å². The van der Waals surface area contributed by atoms with E-state index >= 15 is 0 Å². The van der Waals surface area contributed by atoms with Gasteiger partial charge >= 0.3 is 0 Å². The zero-order valence-electron chi connectivity index (χ0n) is 17.7. The summed E-state index contributed by atoms with van der Waals surface area (Å²) in [7, 11) is -2.12. The number of ether oxygens (including phenoxy) is 1. The fraction of sp³-hybridized carbons (Fsp3) is 0.318. The van der Waals surface area contributed by atoms with E-state index in [1.165, 1.54) is 4.31 Å². The number of anilines is 2. The summed E-state index contributed by atoms with van der Waals surface area (Å²) < 4.78 is 33.6. The lowest BCUT2D eigenvalue weighted by atomic mass is 10.2. The van der Waals surface area contributed by atoms with Crippen molar-refractivity contribution in [3.05, 3.63) is 65.7 Å². The molecule has 0 spiro atoms. The normalized spacial score (nSPS) is 16.9. The van der Waals surface area contributed by atoms with Gasteiger partial charge in [0.15, 0.2) is 0 Å². The molecule has 162 valence electrons. The van der Waals surface area contributed by atoms with Crippen molar-refractivity contribution in [2.75, 3.05) is 19.0 Å². The molecule has 9 heteroatoms. The summed E-state index contributed by atoms with van der Waals surface area (Å²) in [4.78, 5) is 13.5. The van der Waals surface area contributed by atoms with Gasteiger partial charge in [-0.3, -0.25) is 4.98 Å². The molecular weight excluding hydrogens is 414 g/mol. The number of benzene rings is 1. The molecule has 0 aliphatic carbocycles. The van der Waals surface area contributed by atoms with Gasteiger partial charge in [0.05, 0.1) is 36.1 Å². The standard InChI is InChI=1S/C22H25N5O3S/c1-15-6-4-10-24-22(15)26-21-14-23-13-18(25-21)19-7-5-11-27(19)31(28,29)17-8-9-20(30-3)16(2)12-17/h4,6,8-10,12-14,19H,5,7,11H2,1-3H3,(H,24,25,26). The highest BCUT2D eigenvalue weighted by Crippen LogP contribution is 2.36. The topological polar surface area (TPSA) is 97.3 Å². The quantitative estimate of drug-likeness (QED) is 0.624. The first kappa shape index (κ1) is 21.2. The number of aromatic nitrogens is 3. The molecule has 1 atom stereocenters. The van der Waals surface area contributed by atoms with Gasteiger partial charge in [-0.2, -0.15) is 4.31 Å². The fourth-order valence-corrected chi connectivity index (χ4v) is 5.56. The van der Waals surface area contributed by atoms with Crippen molar-refractivity contribution in [2.45, 2.75) is 37.6 Å². The van der Waals surface area contributed by atoms with Crippen LogP contribution in [0.3, 0.4) is 0 Å². The maximum atomic E-state index is 13.4. The molecule has 0 amide bonds. The van der Waals surface area contributed by atoms with Crippen molar-refractivity contribution in [1.82, 2.24) is 19.3 Å². The summed E-state index contributed by atoms with van der Waals surface area (Å²) >= 11 is 0. The monoisotopic (exact) mass is 439 g/mol. The van der Waals surface area contributed by atoms with Gasteiger partial charge in [-0.25, -0.2) is 18.4 Å². The van der Waals surface area contributed by atoms with Crippen molar-refractivity contribution in [1.29, 1.82) is 0 Å². The van der Waals surface area contributed by atoms with Crippen LogP contribution < -0.4 is 10.1 Å². The Bertz CT molecular complexity index is 1200. The molecule has 3 aromatic rings. The molecule has 1 aromatic carbocycles. The van der Waals surface area contributed by atoms with Crippen LogP contribution in [0.15, 0.2) is 53.8 Å². The lowest BCUT2D eigenvalue weighted by molar-refractivity contribution is 0.389. The lowest BCUT2D eigenvalue weighted by Crippen LogP contribution is -2.31. The van der Waals surface area contributed by atoms with E-state index in [0.717, 1.165) is 17.5 Å². The minimum Gasteiger partial charge on any atom is -0.496 e. The Balaban J connectivity index is 1.63.